The molecule has 1 atom stereocenters. The molecule has 0 aromatic heterocycles. The summed E-state index contributed by atoms with van der Waals surface area (Å²) in [5.74, 6) is 0. The molecule has 0 bridgehead atoms. The molecule has 2 N–H and O–H groups in total. The first kappa shape index (κ1) is 7.76. The van der Waals surface area contributed by atoms with Crippen LogP contribution in [0, 0.1) is 0 Å². The number of rotatable bonds is 1. The van der Waals surface area contributed by atoms with Crippen molar-refractivity contribution in [2.75, 3.05) is 20.1 Å². The first-order valence-corrected chi connectivity index (χ1v) is 3.83. The summed E-state index contributed by atoms with van der Waals surface area (Å²) in [6, 6.07) is 0.258. The molecule has 0 unspecified atom stereocenters. The van der Waals surface area contributed by atoms with Crippen molar-refractivity contribution in [2.45, 2.75) is 19.4 Å². The second kappa shape index (κ2) is 3.17. The number of hydrogen-bond donors (Lipinski definition) is 1. The van der Waals surface area contributed by atoms with Gasteiger partial charge in [0.2, 0.25) is 0 Å². The first-order valence-electron chi connectivity index (χ1n) is 3.83. The zero-order valence-corrected chi connectivity index (χ0v) is 6.80. The van der Waals surface area contributed by atoms with Crippen molar-refractivity contribution in [2.24, 2.45) is 5.73 Å². The van der Waals surface area contributed by atoms with E-state index < -0.39 is 0 Å². The normalized spacial score (nSPS) is 24.1. The van der Waals surface area contributed by atoms with Crippen LogP contribution in [0.1, 0.15) is 13.3 Å². The molecule has 1 heterocycles. The predicted molar refractivity (Wildman–Crippen MR) is 43.8 cm³/mol. The SMILES string of the molecule is C[C@H](N)C1=CCN(C)CC1. The molecule has 1 aliphatic rings. The largest absolute Gasteiger partial charge is 0.324 e. The Bertz CT molecular complexity index is 138. The summed E-state index contributed by atoms with van der Waals surface area (Å²) in [6.45, 7) is 4.28. The summed E-state index contributed by atoms with van der Waals surface area (Å²) in [5.41, 5.74) is 7.14. The number of hydrogen-bond acceptors (Lipinski definition) is 2. The van der Waals surface area contributed by atoms with Crippen LogP contribution in [0.3, 0.4) is 0 Å². The molecule has 0 spiro atoms. The summed E-state index contributed by atoms with van der Waals surface area (Å²) in [4.78, 5) is 2.30. The van der Waals surface area contributed by atoms with Crippen molar-refractivity contribution in [1.29, 1.82) is 0 Å². The van der Waals surface area contributed by atoms with Gasteiger partial charge in [0, 0.05) is 19.1 Å². The van der Waals surface area contributed by atoms with E-state index in [1.807, 2.05) is 0 Å². The zero-order valence-electron chi connectivity index (χ0n) is 6.80. The molecule has 1 rings (SSSR count). The zero-order chi connectivity index (χ0) is 7.56. The third-order valence-corrected chi connectivity index (χ3v) is 2.03. The highest BCUT2D eigenvalue weighted by molar-refractivity contribution is 5.12. The van der Waals surface area contributed by atoms with E-state index in [1.165, 1.54) is 5.57 Å². The lowest BCUT2D eigenvalue weighted by Gasteiger charge is -2.23. The highest BCUT2D eigenvalue weighted by Crippen LogP contribution is 2.10. The summed E-state index contributed by atoms with van der Waals surface area (Å²) in [6.07, 6.45) is 3.39. The van der Waals surface area contributed by atoms with Gasteiger partial charge in [-0.05, 0) is 20.4 Å². The Kier molecular flexibility index (Phi) is 2.46. The van der Waals surface area contributed by atoms with Gasteiger partial charge in [-0.15, -0.1) is 0 Å². The summed E-state index contributed by atoms with van der Waals surface area (Å²) >= 11 is 0. The van der Waals surface area contributed by atoms with E-state index in [0.717, 1.165) is 19.5 Å². The van der Waals surface area contributed by atoms with Crippen molar-refractivity contribution in [3.8, 4) is 0 Å². The Morgan fingerprint density at radius 2 is 2.40 bits per heavy atom. The van der Waals surface area contributed by atoms with Crippen LogP contribution in [0.5, 0.6) is 0 Å². The van der Waals surface area contributed by atoms with Gasteiger partial charge in [-0.2, -0.15) is 0 Å². The lowest BCUT2D eigenvalue weighted by atomic mass is 10.0. The lowest BCUT2D eigenvalue weighted by Crippen LogP contribution is -2.29. The Balaban J connectivity index is 2.48. The van der Waals surface area contributed by atoms with Gasteiger partial charge in [0.05, 0.1) is 0 Å². The average Bonchev–Trinajstić information content (AvgIpc) is 1.88. The standard InChI is InChI=1S/C8H16N2/c1-7(9)8-3-5-10(2)6-4-8/h3,7H,4-6,9H2,1-2H3/t7-/m0/s1. The molecule has 2 nitrogen and oxygen atoms in total. The van der Waals surface area contributed by atoms with Gasteiger partial charge < -0.3 is 10.6 Å². The minimum Gasteiger partial charge on any atom is -0.324 e. The Labute approximate surface area is 62.7 Å². The smallest absolute Gasteiger partial charge is 0.0225 e. The van der Waals surface area contributed by atoms with Crippen molar-refractivity contribution in [3.05, 3.63) is 11.6 Å². The van der Waals surface area contributed by atoms with Crippen LogP contribution in [-0.2, 0) is 0 Å². The van der Waals surface area contributed by atoms with Gasteiger partial charge in [0.1, 0.15) is 0 Å². The minimum atomic E-state index is 0.258. The molecular weight excluding hydrogens is 124 g/mol. The van der Waals surface area contributed by atoms with Crippen LogP contribution in [0.4, 0.5) is 0 Å². The molecule has 0 saturated carbocycles. The van der Waals surface area contributed by atoms with Crippen molar-refractivity contribution in [1.82, 2.24) is 4.90 Å². The van der Waals surface area contributed by atoms with Gasteiger partial charge in [-0.3, -0.25) is 0 Å². The first-order chi connectivity index (χ1) is 4.70. The molecule has 0 amide bonds. The number of nitrogens with two attached hydrogens (primary N) is 1. The third kappa shape index (κ3) is 1.82. The van der Waals surface area contributed by atoms with E-state index in [4.69, 9.17) is 5.73 Å². The highest BCUT2D eigenvalue weighted by Gasteiger charge is 2.09. The van der Waals surface area contributed by atoms with Gasteiger partial charge in [0.15, 0.2) is 0 Å². The fourth-order valence-electron chi connectivity index (χ4n) is 1.20. The molecule has 0 fully saturated rings. The van der Waals surface area contributed by atoms with Gasteiger partial charge in [-0.25, -0.2) is 0 Å². The topological polar surface area (TPSA) is 29.3 Å². The lowest BCUT2D eigenvalue weighted by molar-refractivity contribution is 0.354. The van der Waals surface area contributed by atoms with Gasteiger partial charge in [-0.1, -0.05) is 11.6 Å². The molecule has 58 valence electrons. The van der Waals surface area contributed by atoms with Crippen molar-refractivity contribution < 1.29 is 0 Å². The maximum absolute atomic E-state index is 5.73. The van der Waals surface area contributed by atoms with E-state index in [9.17, 15) is 0 Å². The number of nitrogens with zero attached hydrogens (tertiary/aromatic N) is 1. The highest BCUT2D eigenvalue weighted by atomic mass is 15.1. The molecule has 2 heteroatoms. The van der Waals surface area contributed by atoms with E-state index in [0.29, 0.717) is 0 Å². The van der Waals surface area contributed by atoms with Crippen LogP contribution in [0.15, 0.2) is 11.6 Å². The van der Waals surface area contributed by atoms with Crippen molar-refractivity contribution >= 4 is 0 Å². The van der Waals surface area contributed by atoms with Crippen molar-refractivity contribution in [3.63, 3.8) is 0 Å². The van der Waals surface area contributed by atoms with Gasteiger partial charge in [0.25, 0.3) is 0 Å². The van der Waals surface area contributed by atoms with E-state index in [-0.39, 0.29) is 6.04 Å². The second-order valence-electron chi connectivity index (χ2n) is 3.08. The molecule has 0 aliphatic carbocycles. The molecular formula is C8H16N2. The fraction of sp³-hybridized carbons (Fsp3) is 0.750. The van der Waals surface area contributed by atoms with Crippen LogP contribution in [-0.4, -0.2) is 31.1 Å². The molecule has 0 radical (unpaired) electrons. The molecule has 0 saturated heterocycles. The summed E-state index contributed by atoms with van der Waals surface area (Å²) < 4.78 is 0. The monoisotopic (exact) mass is 140 g/mol. The molecule has 1 aliphatic heterocycles. The Morgan fingerprint density at radius 3 is 2.80 bits per heavy atom. The Hall–Kier alpha value is -0.340. The predicted octanol–water partition coefficient (Wildman–Crippen LogP) is 0.595. The van der Waals surface area contributed by atoms with Crippen LogP contribution >= 0.6 is 0 Å². The molecule has 10 heavy (non-hydrogen) atoms. The van der Waals surface area contributed by atoms with E-state index in [2.05, 4.69) is 24.9 Å². The second-order valence-corrected chi connectivity index (χ2v) is 3.08. The van der Waals surface area contributed by atoms with Crippen LogP contribution < -0.4 is 5.73 Å². The maximum Gasteiger partial charge on any atom is 0.0225 e. The third-order valence-electron chi connectivity index (χ3n) is 2.03. The fourth-order valence-corrected chi connectivity index (χ4v) is 1.20. The van der Waals surface area contributed by atoms with Gasteiger partial charge >= 0.3 is 0 Å². The van der Waals surface area contributed by atoms with E-state index in [1.54, 1.807) is 0 Å². The summed E-state index contributed by atoms with van der Waals surface area (Å²) in [5, 5.41) is 0. The number of likely N-dealkylation sites (N-methyl/N-ethyl adjacent to an activating group) is 1. The van der Waals surface area contributed by atoms with E-state index >= 15 is 0 Å². The van der Waals surface area contributed by atoms with Crippen LogP contribution in [0.25, 0.3) is 0 Å². The molecule has 0 aromatic carbocycles. The van der Waals surface area contributed by atoms with Crippen LogP contribution in [0.2, 0.25) is 0 Å². The quantitative estimate of drug-likeness (QED) is 0.540. The molecule has 0 aromatic rings. The average molecular weight is 140 g/mol. The Morgan fingerprint density at radius 1 is 1.70 bits per heavy atom. The minimum absolute atomic E-state index is 0.258. The maximum atomic E-state index is 5.73. The summed E-state index contributed by atoms with van der Waals surface area (Å²) in [7, 11) is 2.13.